The van der Waals surface area contributed by atoms with E-state index in [0.717, 1.165) is 25.1 Å². The van der Waals surface area contributed by atoms with Crippen LogP contribution in [0.1, 0.15) is 39.5 Å². The molecule has 2 N–H and O–H groups in total. The molecule has 0 aromatic heterocycles. The van der Waals surface area contributed by atoms with Gasteiger partial charge in [0.25, 0.3) is 0 Å². The Balaban J connectivity index is 3.16. The molecule has 0 aromatic carbocycles. The third kappa shape index (κ3) is 15.5. The van der Waals surface area contributed by atoms with Crippen LogP contribution in [-0.4, -0.2) is 50.7 Å². The molecule has 0 aliphatic heterocycles. The van der Waals surface area contributed by atoms with E-state index in [9.17, 15) is 5.11 Å². The zero-order valence-electron chi connectivity index (χ0n) is 12.6. The van der Waals surface area contributed by atoms with Crippen LogP contribution in [0, 0.1) is 0 Å². The van der Waals surface area contributed by atoms with Crippen LogP contribution in [0.5, 0.6) is 0 Å². The molecule has 114 valence electrons. The van der Waals surface area contributed by atoms with Crippen molar-refractivity contribution in [3.05, 3.63) is 12.2 Å². The van der Waals surface area contributed by atoms with E-state index in [1.165, 1.54) is 19.3 Å². The van der Waals surface area contributed by atoms with Crippen molar-refractivity contribution in [1.29, 1.82) is 0 Å². The standard InChI is InChI=1S/C15H31NO3/c1-4-5-6-7-9-18-13-15(17)11-16-8-10-19-12-14(2)3/h15-17H,2,4-13H2,1,3H3. The summed E-state index contributed by atoms with van der Waals surface area (Å²) < 4.78 is 10.8. The number of nitrogens with one attached hydrogen (secondary N) is 1. The number of unbranched alkanes of at least 4 members (excludes halogenated alkanes) is 3. The first-order valence-electron chi connectivity index (χ1n) is 7.35. The summed E-state index contributed by atoms with van der Waals surface area (Å²) in [6.07, 6.45) is 4.36. The van der Waals surface area contributed by atoms with E-state index in [1.54, 1.807) is 0 Å². The summed E-state index contributed by atoms with van der Waals surface area (Å²) in [4.78, 5) is 0. The number of ether oxygens (including phenoxy) is 2. The van der Waals surface area contributed by atoms with Gasteiger partial charge in [-0.3, -0.25) is 0 Å². The van der Waals surface area contributed by atoms with Gasteiger partial charge in [0, 0.05) is 19.7 Å². The molecule has 0 amide bonds. The van der Waals surface area contributed by atoms with Crippen molar-refractivity contribution in [3.8, 4) is 0 Å². The van der Waals surface area contributed by atoms with E-state index < -0.39 is 6.10 Å². The van der Waals surface area contributed by atoms with Crippen molar-refractivity contribution in [2.24, 2.45) is 0 Å². The topological polar surface area (TPSA) is 50.7 Å². The fourth-order valence-electron chi connectivity index (χ4n) is 1.57. The number of aliphatic hydroxyl groups excluding tert-OH is 1. The lowest BCUT2D eigenvalue weighted by molar-refractivity contribution is 0.0344. The Hall–Kier alpha value is -0.420. The smallest absolute Gasteiger partial charge is 0.0897 e. The van der Waals surface area contributed by atoms with Crippen LogP contribution in [0.25, 0.3) is 0 Å². The molecule has 0 aliphatic rings. The predicted octanol–water partition coefficient (Wildman–Crippen LogP) is 2.13. The highest BCUT2D eigenvalue weighted by Gasteiger charge is 2.03. The van der Waals surface area contributed by atoms with E-state index in [-0.39, 0.29) is 0 Å². The molecule has 0 aromatic rings. The van der Waals surface area contributed by atoms with Gasteiger partial charge in [-0.15, -0.1) is 0 Å². The average Bonchev–Trinajstić information content (AvgIpc) is 2.37. The molecular weight excluding hydrogens is 242 g/mol. The van der Waals surface area contributed by atoms with Crippen molar-refractivity contribution < 1.29 is 14.6 Å². The molecule has 1 atom stereocenters. The Morgan fingerprint density at radius 3 is 2.68 bits per heavy atom. The maximum Gasteiger partial charge on any atom is 0.0897 e. The van der Waals surface area contributed by atoms with Crippen LogP contribution in [0.15, 0.2) is 12.2 Å². The summed E-state index contributed by atoms with van der Waals surface area (Å²) in [5.41, 5.74) is 1.02. The normalized spacial score (nSPS) is 12.6. The first-order valence-corrected chi connectivity index (χ1v) is 7.35. The number of aliphatic hydroxyl groups is 1. The summed E-state index contributed by atoms with van der Waals surface area (Å²) in [6, 6.07) is 0. The molecule has 0 heterocycles. The highest BCUT2D eigenvalue weighted by molar-refractivity contribution is 4.87. The summed E-state index contributed by atoms with van der Waals surface area (Å²) >= 11 is 0. The van der Waals surface area contributed by atoms with Gasteiger partial charge in [0.1, 0.15) is 0 Å². The zero-order chi connectivity index (χ0) is 14.3. The van der Waals surface area contributed by atoms with Crippen LogP contribution in [0.4, 0.5) is 0 Å². The molecule has 1 unspecified atom stereocenters. The lowest BCUT2D eigenvalue weighted by Gasteiger charge is -2.12. The molecule has 4 heteroatoms. The van der Waals surface area contributed by atoms with Crippen molar-refractivity contribution in [2.45, 2.75) is 45.6 Å². The molecular formula is C15H31NO3. The average molecular weight is 273 g/mol. The van der Waals surface area contributed by atoms with Gasteiger partial charge >= 0.3 is 0 Å². The molecule has 0 radical (unpaired) electrons. The third-order valence-electron chi connectivity index (χ3n) is 2.60. The number of hydrogen-bond donors (Lipinski definition) is 2. The monoisotopic (exact) mass is 273 g/mol. The Labute approximate surface area is 118 Å². The molecule has 4 nitrogen and oxygen atoms in total. The molecule has 0 aliphatic carbocycles. The second-order valence-electron chi connectivity index (χ2n) is 5.00. The van der Waals surface area contributed by atoms with Crippen molar-refractivity contribution in [1.82, 2.24) is 5.32 Å². The lowest BCUT2D eigenvalue weighted by atomic mass is 10.2. The van der Waals surface area contributed by atoms with Crippen molar-refractivity contribution >= 4 is 0 Å². The Bertz CT molecular complexity index is 210. The van der Waals surface area contributed by atoms with Gasteiger partial charge in [0.15, 0.2) is 0 Å². The highest BCUT2D eigenvalue weighted by atomic mass is 16.5. The molecule has 0 saturated heterocycles. The summed E-state index contributed by atoms with van der Waals surface area (Å²) in [6.45, 7) is 11.6. The second-order valence-corrected chi connectivity index (χ2v) is 5.00. The predicted molar refractivity (Wildman–Crippen MR) is 79.5 cm³/mol. The zero-order valence-corrected chi connectivity index (χ0v) is 12.6. The van der Waals surface area contributed by atoms with Crippen molar-refractivity contribution in [2.75, 3.05) is 39.5 Å². The maximum absolute atomic E-state index is 9.65. The first-order chi connectivity index (χ1) is 9.16. The van der Waals surface area contributed by atoms with E-state index >= 15 is 0 Å². The van der Waals surface area contributed by atoms with Crippen molar-refractivity contribution in [3.63, 3.8) is 0 Å². The van der Waals surface area contributed by atoms with Crippen LogP contribution in [0.3, 0.4) is 0 Å². The largest absolute Gasteiger partial charge is 0.389 e. The Morgan fingerprint density at radius 2 is 2.00 bits per heavy atom. The minimum absolute atomic E-state index is 0.408. The first kappa shape index (κ1) is 18.6. The van der Waals surface area contributed by atoms with Gasteiger partial charge < -0.3 is 19.9 Å². The van der Waals surface area contributed by atoms with E-state index in [1.807, 2.05) is 6.92 Å². The van der Waals surface area contributed by atoms with Gasteiger partial charge in [-0.2, -0.15) is 0 Å². The van der Waals surface area contributed by atoms with Crippen LogP contribution in [-0.2, 0) is 9.47 Å². The molecule has 0 spiro atoms. The van der Waals surface area contributed by atoms with Gasteiger partial charge in [-0.1, -0.05) is 38.3 Å². The Morgan fingerprint density at radius 1 is 1.21 bits per heavy atom. The second kappa shape index (κ2) is 14.0. The van der Waals surface area contributed by atoms with Crippen LogP contribution in [0.2, 0.25) is 0 Å². The molecule has 0 fully saturated rings. The highest BCUT2D eigenvalue weighted by Crippen LogP contribution is 1.99. The lowest BCUT2D eigenvalue weighted by Crippen LogP contribution is -2.32. The van der Waals surface area contributed by atoms with Crippen LogP contribution < -0.4 is 5.32 Å². The quantitative estimate of drug-likeness (QED) is 0.376. The SMILES string of the molecule is C=C(C)COCCNCC(O)COCCCCCC. The molecule has 19 heavy (non-hydrogen) atoms. The Kier molecular flexibility index (Phi) is 13.7. The number of hydrogen-bond acceptors (Lipinski definition) is 4. The minimum Gasteiger partial charge on any atom is -0.389 e. The molecule has 0 rings (SSSR count). The van der Waals surface area contributed by atoms with Gasteiger partial charge in [-0.05, 0) is 13.3 Å². The fourth-order valence-corrected chi connectivity index (χ4v) is 1.57. The fraction of sp³-hybridized carbons (Fsp3) is 0.867. The molecule has 0 bridgehead atoms. The van der Waals surface area contributed by atoms with E-state index in [4.69, 9.17) is 9.47 Å². The maximum atomic E-state index is 9.65. The summed E-state index contributed by atoms with van der Waals surface area (Å²) in [5.74, 6) is 0. The van der Waals surface area contributed by atoms with E-state index in [2.05, 4.69) is 18.8 Å². The van der Waals surface area contributed by atoms with Gasteiger partial charge in [-0.25, -0.2) is 0 Å². The third-order valence-corrected chi connectivity index (χ3v) is 2.60. The summed E-state index contributed by atoms with van der Waals surface area (Å²) in [7, 11) is 0. The van der Waals surface area contributed by atoms with Gasteiger partial charge in [0.2, 0.25) is 0 Å². The molecule has 0 saturated carbocycles. The summed E-state index contributed by atoms with van der Waals surface area (Å²) in [5, 5.41) is 12.8. The minimum atomic E-state index is -0.438. The van der Waals surface area contributed by atoms with E-state index in [0.29, 0.717) is 26.4 Å². The number of rotatable bonds is 14. The van der Waals surface area contributed by atoms with Gasteiger partial charge in [0.05, 0.1) is 25.9 Å². The van der Waals surface area contributed by atoms with Crippen LogP contribution >= 0.6 is 0 Å².